The molecule has 0 saturated carbocycles. The second kappa shape index (κ2) is 8.34. The third kappa shape index (κ3) is 3.81. The van der Waals surface area contributed by atoms with Crippen LogP contribution in [0.15, 0.2) is 47.0 Å². The number of anilines is 1. The minimum absolute atomic E-state index is 0.0619. The number of nitrogens with zero attached hydrogens (tertiary/aromatic N) is 2. The van der Waals surface area contributed by atoms with Crippen LogP contribution in [0, 0.1) is 0 Å². The van der Waals surface area contributed by atoms with Gasteiger partial charge in [-0.25, -0.2) is 14.6 Å². The van der Waals surface area contributed by atoms with Crippen molar-refractivity contribution in [3.8, 4) is 0 Å². The summed E-state index contributed by atoms with van der Waals surface area (Å²) in [7, 11) is 0. The smallest absolute Gasteiger partial charge is 0.374 e. The second-order valence-corrected chi connectivity index (χ2v) is 6.77. The van der Waals surface area contributed by atoms with Crippen LogP contribution in [0.5, 0.6) is 0 Å². The van der Waals surface area contributed by atoms with Gasteiger partial charge in [-0.2, -0.15) is 0 Å². The van der Waals surface area contributed by atoms with E-state index >= 15 is 0 Å². The van der Waals surface area contributed by atoms with E-state index in [0.717, 1.165) is 25.9 Å². The Balaban J connectivity index is 1.59. The standard InChI is InChI=1S/C22H22N2O5/c1-2-27-22(26)19-17(15-8-3-4-10-18(15)29-19)14-28-21(25)16-9-7-11-23-20(16)24-12-5-6-13-24/h3-4,7-11H,2,5-6,12-14H2,1H3. The number of fused-ring (bicyclic) bond motifs is 1. The van der Waals surface area contributed by atoms with Crippen LogP contribution in [0.2, 0.25) is 0 Å². The van der Waals surface area contributed by atoms with Crippen molar-refractivity contribution >= 4 is 28.7 Å². The largest absolute Gasteiger partial charge is 0.460 e. The van der Waals surface area contributed by atoms with Gasteiger partial charge in [0.1, 0.15) is 23.6 Å². The zero-order chi connectivity index (χ0) is 20.2. The molecule has 7 heteroatoms. The molecule has 0 bridgehead atoms. The number of pyridine rings is 1. The molecule has 7 nitrogen and oxygen atoms in total. The zero-order valence-electron chi connectivity index (χ0n) is 16.2. The third-order valence-electron chi connectivity index (χ3n) is 4.92. The molecular weight excluding hydrogens is 372 g/mol. The van der Waals surface area contributed by atoms with Crippen molar-refractivity contribution in [2.75, 3.05) is 24.6 Å². The van der Waals surface area contributed by atoms with E-state index in [1.165, 1.54) is 0 Å². The van der Waals surface area contributed by atoms with Crippen LogP contribution >= 0.6 is 0 Å². The van der Waals surface area contributed by atoms with Gasteiger partial charge in [0.2, 0.25) is 5.76 Å². The Bertz CT molecular complexity index is 1040. The fraction of sp³-hybridized carbons (Fsp3) is 0.318. The first-order chi connectivity index (χ1) is 14.2. The van der Waals surface area contributed by atoms with Gasteiger partial charge in [-0.1, -0.05) is 18.2 Å². The average molecular weight is 394 g/mol. The Morgan fingerprint density at radius 2 is 1.86 bits per heavy atom. The van der Waals surface area contributed by atoms with E-state index < -0.39 is 11.9 Å². The van der Waals surface area contributed by atoms with E-state index in [9.17, 15) is 9.59 Å². The monoisotopic (exact) mass is 394 g/mol. The highest BCUT2D eigenvalue weighted by atomic mass is 16.5. The van der Waals surface area contributed by atoms with Crippen LogP contribution in [0.3, 0.4) is 0 Å². The summed E-state index contributed by atoms with van der Waals surface area (Å²) in [5.41, 5.74) is 1.46. The van der Waals surface area contributed by atoms with Gasteiger partial charge in [0.05, 0.1) is 12.2 Å². The molecule has 29 heavy (non-hydrogen) atoms. The molecular formula is C22H22N2O5. The summed E-state index contributed by atoms with van der Waals surface area (Å²) < 4.78 is 16.3. The van der Waals surface area contributed by atoms with Crippen molar-refractivity contribution in [2.24, 2.45) is 0 Å². The maximum atomic E-state index is 12.8. The topological polar surface area (TPSA) is 81.9 Å². The highest BCUT2D eigenvalue weighted by molar-refractivity contribution is 5.97. The van der Waals surface area contributed by atoms with Crippen LogP contribution < -0.4 is 4.90 Å². The van der Waals surface area contributed by atoms with Crippen molar-refractivity contribution in [3.63, 3.8) is 0 Å². The van der Waals surface area contributed by atoms with E-state index in [1.54, 1.807) is 31.3 Å². The molecule has 1 aliphatic rings. The van der Waals surface area contributed by atoms with Gasteiger partial charge in [-0.05, 0) is 38.0 Å². The quantitative estimate of drug-likeness (QED) is 0.585. The molecule has 0 radical (unpaired) electrons. The Morgan fingerprint density at radius 1 is 1.07 bits per heavy atom. The van der Waals surface area contributed by atoms with Gasteiger partial charge in [-0.3, -0.25) is 0 Å². The fourth-order valence-corrected chi connectivity index (χ4v) is 3.56. The van der Waals surface area contributed by atoms with Gasteiger partial charge in [-0.15, -0.1) is 0 Å². The second-order valence-electron chi connectivity index (χ2n) is 6.77. The molecule has 0 N–H and O–H groups in total. The zero-order valence-corrected chi connectivity index (χ0v) is 16.2. The van der Waals surface area contributed by atoms with Crippen LogP contribution in [-0.4, -0.2) is 36.6 Å². The molecule has 0 spiro atoms. The van der Waals surface area contributed by atoms with Crippen molar-refractivity contribution in [1.82, 2.24) is 4.98 Å². The Labute approximate surface area is 168 Å². The summed E-state index contributed by atoms with van der Waals surface area (Å²) in [5, 5.41) is 0.717. The Kier molecular flexibility index (Phi) is 5.46. The van der Waals surface area contributed by atoms with Crippen molar-refractivity contribution < 1.29 is 23.5 Å². The van der Waals surface area contributed by atoms with Gasteiger partial charge < -0.3 is 18.8 Å². The lowest BCUT2D eigenvalue weighted by Crippen LogP contribution is -2.22. The molecule has 0 aliphatic carbocycles. The predicted molar refractivity (Wildman–Crippen MR) is 107 cm³/mol. The van der Waals surface area contributed by atoms with E-state index in [0.29, 0.717) is 27.9 Å². The summed E-state index contributed by atoms with van der Waals surface area (Å²) in [6.07, 6.45) is 3.83. The van der Waals surface area contributed by atoms with Crippen LogP contribution in [0.1, 0.15) is 46.2 Å². The SMILES string of the molecule is CCOC(=O)c1oc2ccccc2c1COC(=O)c1cccnc1N1CCCC1. The van der Waals surface area contributed by atoms with Crippen molar-refractivity contribution in [2.45, 2.75) is 26.4 Å². The first-order valence-corrected chi connectivity index (χ1v) is 9.73. The Morgan fingerprint density at radius 3 is 2.66 bits per heavy atom. The summed E-state index contributed by atoms with van der Waals surface area (Å²) in [4.78, 5) is 31.6. The summed E-state index contributed by atoms with van der Waals surface area (Å²) >= 11 is 0. The average Bonchev–Trinajstić information content (AvgIpc) is 3.40. The van der Waals surface area contributed by atoms with E-state index in [1.807, 2.05) is 18.2 Å². The van der Waals surface area contributed by atoms with Gasteiger partial charge in [0.15, 0.2) is 0 Å². The lowest BCUT2D eigenvalue weighted by Gasteiger charge is -2.19. The molecule has 3 heterocycles. The maximum Gasteiger partial charge on any atom is 0.374 e. The minimum atomic E-state index is -0.575. The highest BCUT2D eigenvalue weighted by Gasteiger charge is 2.25. The summed E-state index contributed by atoms with van der Waals surface area (Å²) in [6, 6.07) is 10.7. The molecule has 4 rings (SSSR count). The molecule has 3 aromatic rings. The molecule has 2 aromatic heterocycles. The highest BCUT2D eigenvalue weighted by Crippen LogP contribution is 2.28. The lowest BCUT2D eigenvalue weighted by atomic mass is 10.1. The molecule has 0 amide bonds. The Hall–Kier alpha value is -3.35. The van der Waals surface area contributed by atoms with Gasteiger partial charge in [0.25, 0.3) is 0 Å². The number of furan rings is 1. The number of aromatic nitrogens is 1. The number of hydrogen-bond acceptors (Lipinski definition) is 7. The normalized spacial score (nSPS) is 13.6. The van der Waals surface area contributed by atoms with Crippen LogP contribution in [0.25, 0.3) is 11.0 Å². The molecule has 150 valence electrons. The van der Waals surface area contributed by atoms with Crippen LogP contribution in [-0.2, 0) is 16.1 Å². The van der Waals surface area contributed by atoms with E-state index in [-0.39, 0.29) is 19.0 Å². The summed E-state index contributed by atoms with van der Waals surface area (Å²) in [5.74, 6) is -0.363. The molecule has 1 fully saturated rings. The third-order valence-corrected chi connectivity index (χ3v) is 4.92. The van der Waals surface area contributed by atoms with Crippen LogP contribution in [0.4, 0.5) is 5.82 Å². The number of hydrogen-bond donors (Lipinski definition) is 0. The number of carbonyl (C=O) groups excluding carboxylic acids is 2. The molecule has 1 aromatic carbocycles. The first kappa shape index (κ1) is 19.0. The summed E-state index contributed by atoms with van der Waals surface area (Å²) in [6.45, 7) is 3.60. The maximum absolute atomic E-state index is 12.8. The first-order valence-electron chi connectivity index (χ1n) is 9.73. The number of benzene rings is 1. The molecule has 0 unspecified atom stereocenters. The van der Waals surface area contributed by atoms with E-state index in [4.69, 9.17) is 13.9 Å². The fourth-order valence-electron chi connectivity index (χ4n) is 3.56. The number of rotatable bonds is 6. The number of esters is 2. The van der Waals surface area contributed by atoms with Crippen molar-refractivity contribution in [1.29, 1.82) is 0 Å². The number of carbonyl (C=O) groups is 2. The molecule has 1 saturated heterocycles. The number of ether oxygens (including phenoxy) is 2. The molecule has 0 atom stereocenters. The number of para-hydroxylation sites is 1. The minimum Gasteiger partial charge on any atom is -0.460 e. The van der Waals surface area contributed by atoms with E-state index in [2.05, 4.69) is 9.88 Å². The lowest BCUT2D eigenvalue weighted by molar-refractivity contribution is 0.0435. The van der Waals surface area contributed by atoms with Gasteiger partial charge in [0, 0.05) is 24.7 Å². The van der Waals surface area contributed by atoms with Crippen molar-refractivity contribution in [3.05, 3.63) is 59.5 Å². The predicted octanol–water partition coefficient (Wildman–Crippen LogP) is 3.96. The van der Waals surface area contributed by atoms with Gasteiger partial charge >= 0.3 is 11.9 Å². The molecule has 1 aliphatic heterocycles.